The van der Waals surface area contributed by atoms with Crippen LogP contribution in [0.5, 0.6) is 0 Å². The highest BCUT2D eigenvalue weighted by Gasteiger charge is 2.39. The van der Waals surface area contributed by atoms with E-state index in [1.165, 1.54) is 15.8 Å². The summed E-state index contributed by atoms with van der Waals surface area (Å²) < 4.78 is 6.67. The summed E-state index contributed by atoms with van der Waals surface area (Å²) in [6, 6.07) is 0. The standard InChI is InChI=1S/C25H37N7O7S/c1-3-5-7-16(4-2)40-17-12-20(36)32(24(17)38)9-6-8-18(34)26-13-19(35)28-25-29-22-21(23(37)30-25)27-14-31(22)15-39-11-10-33/h14,16-17,33H,3-13,15H2,1-2H3,(H,26,34)(H2,28,29,30,35,37). The van der Waals surface area contributed by atoms with E-state index in [9.17, 15) is 24.0 Å². The second-order valence-corrected chi connectivity index (χ2v) is 10.9. The van der Waals surface area contributed by atoms with Crippen LogP contribution in [0.4, 0.5) is 5.95 Å². The third-order valence-corrected chi connectivity index (χ3v) is 7.98. The number of hydrogen-bond donors (Lipinski definition) is 4. The number of rotatable bonds is 17. The molecule has 0 bridgehead atoms. The van der Waals surface area contributed by atoms with E-state index in [2.05, 4.69) is 39.4 Å². The maximum atomic E-state index is 12.8. The van der Waals surface area contributed by atoms with Crippen molar-refractivity contribution in [2.24, 2.45) is 0 Å². The lowest BCUT2D eigenvalue weighted by Crippen LogP contribution is -2.35. The summed E-state index contributed by atoms with van der Waals surface area (Å²) in [7, 11) is 0. The molecule has 0 aromatic carbocycles. The van der Waals surface area contributed by atoms with Crippen LogP contribution in [-0.4, -0.2) is 90.0 Å². The van der Waals surface area contributed by atoms with Crippen molar-refractivity contribution in [2.75, 3.05) is 31.6 Å². The number of aliphatic hydroxyl groups excluding tert-OH is 1. The van der Waals surface area contributed by atoms with Crippen LogP contribution >= 0.6 is 11.8 Å². The minimum atomic E-state index is -0.614. The first-order valence-electron chi connectivity index (χ1n) is 13.5. The first-order valence-corrected chi connectivity index (χ1v) is 14.4. The number of imide groups is 1. The van der Waals surface area contributed by atoms with Crippen molar-refractivity contribution < 1.29 is 29.0 Å². The van der Waals surface area contributed by atoms with Gasteiger partial charge in [-0.3, -0.25) is 43.7 Å². The molecule has 2 unspecified atom stereocenters. The van der Waals surface area contributed by atoms with Crippen LogP contribution in [0.15, 0.2) is 11.1 Å². The molecule has 1 aliphatic rings. The summed E-state index contributed by atoms with van der Waals surface area (Å²) in [5, 5.41) is 13.7. The van der Waals surface area contributed by atoms with Crippen LogP contribution in [0.2, 0.25) is 0 Å². The fraction of sp³-hybridized carbons (Fsp3) is 0.640. The Morgan fingerprint density at radius 1 is 1.25 bits per heavy atom. The van der Waals surface area contributed by atoms with Crippen molar-refractivity contribution in [3.8, 4) is 0 Å². The Hall–Kier alpha value is -3.30. The summed E-state index contributed by atoms with van der Waals surface area (Å²) in [4.78, 5) is 73.8. The molecular formula is C25H37N7O7S. The maximum Gasteiger partial charge on any atom is 0.280 e. The normalized spacial score (nSPS) is 16.1. The number of ether oxygens (including phenoxy) is 1. The molecule has 40 heavy (non-hydrogen) atoms. The quantitative estimate of drug-likeness (QED) is 0.154. The molecule has 1 saturated heterocycles. The molecule has 2 atom stereocenters. The first kappa shape index (κ1) is 31.2. The van der Waals surface area contributed by atoms with E-state index in [0.29, 0.717) is 5.25 Å². The molecule has 3 rings (SSSR count). The van der Waals surface area contributed by atoms with Crippen molar-refractivity contribution in [1.29, 1.82) is 0 Å². The number of aromatic nitrogens is 4. The SMILES string of the molecule is CCCCC(CC)SC1CC(=O)N(CCCC(=O)NCC(=O)Nc2nc3c(ncn3COCCO)c(=O)[nH]2)C1=O. The zero-order chi connectivity index (χ0) is 29.1. The Morgan fingerprint density at radius 2 is 2.05 bits per heavy atom. The van der Waals surface area contributed by atoms with Gasteiger partial charge in [0.2, 0.25) is 29.6 Å². The van der Waals surface area contributed by atoms with Crippen molar-refractivity contribution in [2.45, 2.75) is 76.0 Å². The van der Waals surface area contributed by atoms with Gasteiger partial charge in [0, 0.05) is 24.6 Å². The molecule has 4 amide bonds. The molecule has 2 aromatic heterocycles. The van der Waals surface area contributed by atoms with Gasteiger partial charge >= 0.3 is 0 Å². The molecule has 3 heterocycles. The summed E-state index contributed by atoms with van der Waals surface area (Å²) in [6.45, 7) is 3.94. The summed E-state index contributed by atoms with van der Waals surface area (Å²) in [5.74, 6) is -1.56. The second kappa shape index (κ2) is 15.5. The molecule has 0 spiro atoms. The average molecular weight is 580 g/mol. The molecule has 0 saturated carbocycles. The van der Waals surface area contributed by atoms with E-state index < -0.39 is 17.4 Å². The number of anilines is 1. The van der Waals surface area contributed by atoms with Crippen LogP contribution in [0.3, 0.4) is 0 Å². The summed E-state index contributed by atoms with van der Waals surface area (Å²) >= 11 is 1.58. The molecule has 4 N–H and O–H groups in total. The number of unbranched alkanes of at least 4 members (excludes halogenated alkanes) is 1. The van der Waals surface area contributed by atoms with Crippen molar-refractivity contribution in [1.82, 2.24) is 29.7 Å². The van der Waals surface area contributed by atoms with Crippen LogP contribution in [0.25, 0.3) is 11.2 Å². The average Bonchev–Trinajstić information content (AvgIpc) is 3.45. The summed E-state index contributed by atoms with van der Waals surface area (Å²) in [6.07, 6.45) is 6.01. The van der Waals surface area contributed by atoms with Crippen molar-refractivity contribution in [3.63, 3.8) is 0 Å². The number of nitrogens with one attached hydrogen (secondary N) is 3. The van der Waals surface area contributed by atoms with Gasteiger partial charge < -0.3 is 15.2 Å². The number of carbonyl (C=O) groups is 4. The monoisotopic (exact) mass is 579 g/mol. The van der Waals surface area contributed by atoms with Crippen LogP contribution in [0, 0.1) is 0 Å². The fourth-order valence-electron chi connectivity index (χ4n) is 4.20. The second-order valence-electron chi connectivity index (χ2n) is 9.38. The Balaban J connectivity index is 1.42. The van der Waals surface area contributed by atoms with E-state index in [-0.39, 0.29) is 86.5 Å². The number of imidazole rings is 1. The van der Waals surface area contributed by atoms with Crippen LogP contribution in [0.1, 0.15) is 58.8 Å². The van der Waals surface area contributed by atoms with Crippen LogP contribution in [-0.2, 0) is 30.6 Å². The van der Waals surface area contributed by atoms with Gasteiger partial charge in [-0.05, 0) is 19.3 Å². The van der Waals surface area contributed by atoms with E-state index in [1.54, 1.807) is 11.8 Å². The number of aliphatic hydroxyl groups is 1. The smallest absolute Gasteiger partial charge is 0.280 e. The number of nitrogens with zero attached hydrogens (tertiary/aromatic N) is 4. The Labute approximate surface area is 235 Å². The number of H-pyrrole nitrogens is 1. The maximum absolute atomic E-state index is 12.8. The van der Waals surface area contributed by atoms with Gasteiger partial charge in [0.1, 0.15) is 6.73 Å². The number of fused-ring (bicyclic) bond motifs is 1. The fourth-order valence-corrected chi connectivity index (χ4v) is 5.64. The van der Waals surface area contributed by atoms with E-state index in [0.717, 1.165) is 25.7 Å². The molecular weight excluding hydrogens is 542 g/mol. The van der Waals surface area contributed by atoms with Crippen molar-refractivity contribution in [3.05, 3.63) is 16.7 Å². The highest BCUT2D eigenvalue weighted by Crippen LogP contribution is 2.32. The third kappa shape index (κ3) is 8.60. The highest BCUT2D eigenvalue weighted by atomic mass is 32.2. The van der Waals surface area contributed by atoms with Gasteiger partial charge in [-0.15, -0.1) is 11.8 Å². The number of likely N-dealkylation sites (tertiary alicyclic amines) is 1. The van der Waals surface area contributed by atoms with E-state index in [1.807, 2.05) is 0 Å². The molecule has 220 valence electrons. The predicted molar refractivity (Wildman–Crippen MR) is 148 cm³/mol. The Kier molecular flexibility index (Phi) is 12.1. The minimum Gasteiger partial charge on any atom is -0.394 e. The molecule has 15 heteroatoms. The molecule has 1 aliphatic heterocycles. The number of hydrogen-bond acceptors (Lipinski definition) is 10. The lowest BCUT2D eigenvalue weighted by Gasteiger charge is -2.18. The van der Waals surface area contributed by atoms with Gasteiger partial charge in [-0.25, -0.2) is 4.98 Å². The summed E-state index contributed by atoms with van der Waals surface area (Å²) in [5.41, 5.74) is -0.331. The zero-order valence-corrected chi connectivity index (χ0v) is 23.6. The number of carbonyl (C=O) groups excluding carboxylic acids is 4. The van der Waals surface area contributed by atoms with Gasteiger partial charge in [0.25, 0.3) is 5.56 Å². The molecule has 14 nitrogen and oxygen atoms in total. The zero-order valence-electron chi connectivity index (χ0n) is 22.8. The number of thioether (sulfide) groups is 1. The van der Waals surface area contributed by atoms with Gasteiger partial charge in [-0.1, -0.05) is 26.7 Å². The first-order chi connectivity index (χ1) is 19.3. The van der Waals surface area contributed by atoms with Gasteiger partial charge in [-0.2, -0.15) is 4.98 Å². The molecule has 1 fully saturated rings. The lowest BCUT2D eigenvalue weighted by molar-refractivity contribution is -0.138. The van der Waals surface area contributed by atoms with Crippen molar-refractivity contribution >= 4 is 52.5 Å². The van der Waals surface area contributed by atoms with E-state index in [4.69, 9.17) is 9.84 Å². The van der Waals surface area contributed by atoms with Gasteiger partial charge in [0.05, 0.1) is 31.3 Å². The predicted octanol–water partition coefficient (Wildman–Crippen LogP) is 0.750. The Morgan fingerprint density at radius 3 is 2.77 bits per heavy atom. The number of amides is 4. The topological polar surface area (TPSA) is 189 Å². The Bertz CT molecular complexity index is 1250. The molecule has 2 aromatic rings. The minimum absolute atomic E-state index is 0.00326. The van der Waals surface area contributed by atoms with E-state index >= 15 is 0 Å². The third-order valence-electron chi connectivity index (χ3n) is 6.32. The molecule has 0 radical (unpaired) electrons. The van der Waals surface area contributed by atoms with Crippen LogP contribution < -0.4 is 16.2 Å². The number of aromatic amines is 1. The molecule has 0 aliphatic carbocycles. The lowest BCUT2D eigenvalue weighted by atomic mass is 10.2. The largest absolute Gasteiger partial charge is 0.394 e. The highest BCUT2D eigenvalue weighted by molar-refractivity contribution is 8.01. The van der Waals surface area contributed by atoms with Gasteiger partial charge in [0.15, 0.2) is 11.2 Å².